The van der Waals surface area contributed by atoms with Gasteiger partial charge in [0.05, 0.1) is 5.56 Å². The van der Waals surface area contributed by atoms with Gasteiger partial charge in [-0.25, -0.2) is 19.7 Å². The van der Waals surface area contributed by atoms with Gasteiger partial charge in [-0.3, -0.25) is 4.72 Å². The molecular formula is C10H7ClN4O4S. The first-order valence-electron chi connectivity index (χ1n) is 5.08. The van der Waals surface area contributed by atoms with E-state index in [0.29, 0.717) is 0 Å². The Labute approximate surface area is 118 Å². The molecule has 0 saturated carbocycles. The van der Waals surface area contributed by atoms with E-state index in [0.717, 1.165) is 24.7 Å². The number of carbonyl (C=O) groups is 1. The number of hydrogen-bond acceptors (Lipinski definition) is 6. The van der Waals surface area contributed by atoms with Crippen LogP contribution in [0.15, 0.2) is 35.7 Å². The number of aromatic carboxylic acids is 1. The fraction of sp³-hybridized carbons (Fsp3) is 0. The highest BCUT2D eigenvalue weighted by Crippen LogP contribution is 2.14. The number of aromatic nitrogens is 3. The van der Waals surface area contributed by atoms with Crippen LogP contribution in [-0.2, 0) is 10.0 Å². The van der Waals surface area contributed by atoms with Crippen LogP contribution in [0.3, 0.4) is 0 Å². The molecule has 0 aromatic carbocycles. The van der Waals surface area contributed by atoms with Gasteiger partial charge in [-0.2, -0.15) is 8.42 Å². The van der Waals surface area contributed by atoms with Crippen LogP contribution in [0.2, 0.25) is 5.15 Å². The van der Waals surface area contributed by atoms with Crippen LogP contribution in [-0.4, -0.2) is 34.4 Å². The fourth-order valence-electron chi connectivity index (χ4n) is 1.25. The quantitative estimate of drug-likeness (QED) is 0.808. The molecule has 2 heterocycles. The maximum absolute atomic E-state index is 12.0. The van der Waals surface area contributed by atoms with Crippen LogP contribution in [0.25, 0.3) is 0 Å². The smallest absolute Gasteiger partial charge is 0.337 e. The second-order valence-electron chi connectivity index (χ2n) is 3.52. The summed E-state index contributed by atoms with van der Waals surface area (Å²) in [7, 11) is -3.98. The van der Waals surface area contributed by atoms with Crippen LogP contribution in [0.5, 0.6) is 0 Å². The molecule has 0 radical (unpaired) electrons. The molecule has 2 rings (SSSR count). The van der Waals surface area contributed by atoms with Crippen molar-refractivity contribution in [1.29, 1.82) is 0 Å². The predicted octanol–water partition coefficient (Wildman–Crippen LogP) is 1.02. The average Bonchev–Trinajstić information content (AvgIpc) is 2.38. The van der Waals surface area contributed by atoms with E-state index < -0.39 is 16.0 Å². The van der Waals surface area contributed by atoms with Crippen molar-refractivity contribution in [2.45, 2.75) is 5.03 Å². The number of carboxylic acid groups (broad SMARTS) is 1. The molecule has 104 valence electrons. The molecular weight excluding hydrogens is 308 g/mol. The van der Waals surface area contributed by atoms with E-state index in [1.54, 1.807) is 0 Å². The zero-order chi connectivity index (χ0) is 14.8. The number of rotatable bonds is 4. The number of pyridine rings is 1. The van der Waals surface area contributed by atoms with Crippen LogP contribution >= 0.6 is 11.6 Å². The van der Waals surface area contributed by atoms with Crippen molar-refractivity contribution in [2.24, 2.45) is 0 Å². The second-order valence-corrected chi connectivity index (χ2v) is 5.54. The molecule has 0 fully saturated rings. The van der Waals surface area contributed by atoms with E-state index in [-0.39, 0.29) is 21.6 Å². The van der Waals surface area contributed by atoms with Gasteiger partial charge in [-0.1, -0.05) is 11.6 Å². The number of nitrogens with zero attached hydrogens (tertiary/aromatic N) is 3. The van der Waals surface area contributed by atoms with Crippen molar-refractivity contribution in [3.8, 4) is 0 Å². The standard InChI is InChI=1S/C10H7ClN4O4S/c11-7-3-8(14-5-13-7)15-20(18,19)9-2-1-6(4-12-9)10(16)17/h1-5H,(H,16,17)(H,13,14,15). The SMILES string of the molecule is O=C(O)c1ccc(S(=O)(=O)Nc2cc(Cl)ncn2)nc1. The van der Waals surface area contributed by atoms with E-state index in [2.05, 4.69) is 19.7 Å². The Hall–Kier alpha value is -2.26. The molecule has 0 aliphatic carbocycles. The topological polar surface area (TPSA) is 122 Å². The summed E-state index contributed by atoms with van der Waals surface area (Å²) in [6, 6.07) is 3.44. The molecule has 0 aliphatic rings. The van der Waals surface area contributed by atoms with Crippen molar-refractivity contribution in [1.82, 2.24) is 15.0 Å². The molecule has 0 bridgehead atoms. The monoisotopic (exact) mass is 314 g/mol. The Morgan fingerprint density at radius 3 is 2.55 bits per heavy atom. The molecule has 2 aromatic heterocycles. The molecule has 10 heteroatoms. The average molecular weight is 315 g/mol. The van der Waals surface area contributed by atoms with Gasteiger partial charge in [0.2, 0.25) is 0 Å². The van der Waals surface area contributed by atoms with Crippen molar-refractivity contribution < 1.29 is 18.3 Å². The lowest BCUT2D eigenvalue weighted by Crippen LogP contribution is -2.15. The summed E-state index contributed by atoms with van der Waals surface area (Å²) >= 11 is 5.61. The summed E-state index contributed by atoms with van der Waals surface area (Å²) in [6.45, 7) is 0. The largest absolute Gasteiger partial charge is 0.478 e. The second kappa shape index (κ2) is 5.39. The molecule has 0 aliphatic heterocycles. The summed E-state index contributed by atoms with van der Waals surface area (Å²) in [5.74, 6) is -1.22. The normalized spacial score (nSPS) is 11.1. The number of sulfonamides is 1. The minimum atomic E-state index is -3.98. The third-order valence-electron chi connectivity index (χ3n) is 2.13. The van der Waals surface area contributed by atoms with Crippen molar-refractivity contribution in [3.63, 3.8) is 0 Å². The number of hydrogen-bond donors (Lipinski definition) is 2. The zero-order valence-corrected chi connectivity index (χ0v) is 11.3. The highest BCUT2D eigenvalue weighted by Gasteiger charge is 2.17. The van der Waals surface area contributed by atoms with Gasteiger partial charge >= 0.3 is 5.97 Å². The summed E-state index contributed by atoms with van der Waals surface area (Å²) in [5.41, 5.74) is -0.117. The Morgan fingerprint density at radius 1 is 1.25 bits per heavy atom. The number of carboxylic acids is 1. The Kier molecular flexibility index (Phi) is 3.81. The summed E-state index contributed by atoms with van der Waals surface area (Å²) < 4.78 is 26.1. The highest BCUT2D eigenvalue weighted by molar-refractivity contribution is 7.92. The predicted molar refractivity (Wildman–Crippen MR) is 69.0 cm³/mol. The van der Waals surface area contributed by atoms with Crippen molar-refractivity contribution in [2.75, 3.05) is 4.72 Å². The first-order valence-corrected chi connectivity index (χ1v) is 6.94. The fourth-order valence-corrected chi connectivity index (χ4v) is 2.32. The van der Waals surface area contributed by atoms with E-state index in [1.165, 1.54) is 6.07 Å². The molecule has 2 N–H and O–H groups in total. The lowest BCUT2D eigenvalue weighted by Gasteiger charge is -2.06. The first kappa shape index (κ1) is 14.2. The molecule has 0 atom stereocenters. The summed E-state index contributed by atoms with van der Waals surface area (Å²) in [6.07, 6.45) is 2.05. The molecule has 0 unspecified atom stereocenters. The molecule has 20 heavy (non-hydrogen) atoms. The van der Waals surface area contributed by atoms with E-state index >= 15 is 0 Å². The van der Waals surface area contributed by atoms with Gasteiger partial charge in [0.25, 0.3) is 10.0 Å². The lowest BCUT2D eigenvalue weighted by molar-refractivity contribution is 0.0696. The van der Waals surface area contributed by atoms with E-state index in [1.807, 2.05) is 0 Å². The number of halogens is 1. The molecule has 0 saturated heterocycles. The number of nitrogens with one attached hydrogen (secondary N) is 1. The Morgan fingerprint density at radius 2 is 2.00 bits per heavy atom. The Bertz CT molecular complexity index is 748. The van der Waals surface area contributed by atoms with Gasteiger partial charge in [0.1, 0.15) is 17.3 Å². The van der Waals surface area contributed by atoms with Gasteiger partial charge in [0.15, 0.2) is 5.03 Å². The Balaban J connectivity index is 2.28. The molecule has 2 aromatic rings. The van der Waals surface area contributed by atoms with Gasteiger partial charge in [0, 0.05) is 12.3 Å². The number of anilines is 1. The van der Waals surface area contributed by atoms with Gasteiger partial charge in [-0.15, -0.1) is 0 Å². The van der Waals surface area contributed by atoms with Crippen LogP contribution in [0.1, 0.15) is 10.4 Å². The van der Waals surface area contributed by atoms with Gasteiger partial charge < -0.3 is 5.11 Å². The minimum Gasteiger partial charge on any atom is -0.478 e. The highest BCUT2D eigenvalue weighted by atomic mass is 35.5. The van der Waals surface area contributed by atoms with Crippen molar-refractivity contribution >= 4 is 33.4 Å². The zero-order valence-electron chi connectivity index (χ0n) is 9.69. The first-order chi connectivity index (χ1) is 9.38. The maximum Gasteiger partial charge on any atom is 0.337 e. The molecule has 0 amide bonds. The summed E-state index contributed by atoms with van der Waals surface area (Å²) in [4.78, 5) is 21.5. The van der Waals surface area contributed by atoms with Crippen molar-refractivity contribution in [3.05, 3.63) is 41.4 Å². The third kappa shape index (κ3) is 3.19. The lowest BCUT2D eigenvalue weighted by atomic mass is 10.3. The van der Waals surface area contributed by atoms with E-state index in [9.17, 15) is 13.2 Å². The summed E-state index contributed by atoms with van der Waals surface area (Å²) in [5, 5.41) is 8.45. The van der Waals surface area contributed by atoms with E-state index in [4.69, 9.17) is 16.7 Å². The van der Waals surface area contributed by atoms with Gasteiger partial charge in [-0.05, 0) is 12.1 Å². The maximum atomic E-state index is 12.0. The van der Waals surface area contributed by atoms with Crippen LogP contribution < -0.4 is 4.72 Å². The van der Waals surface area contributed by atoms with Crippen LogP contribution in [0, 0.1) is 0 Å². The van der Waals surface area contributed by atoms with Crippen LogP contribution in [0.4, 0.5) is 5.82 Å². The molecule has 8 nitrogen and oxygen atoms in total. The minimum absolute atomic E-state index is 0.0193. The molecule has 0 spiro atoms. The third-order valence-corrected chi connectivity index (χ3v) is 3.61.